The third kappa shape index (κ3) is 4.11. The molecule has 2 heterocycles. The summed E-state index contributed by atoms with van der Waals surface area (Å²) in [7, 11) is 0. The molecule has 104 valence electrons. The summed E-state index contributed by atoms with van der Waals surface area (Å²) in [5.74, 6) is -0.112. The lowest BCUT2D eigenvalue weighted by molar-refractivity contribution is -0.116. The summed E-state index contributed by atoms with van der Waals surface area (Å²) >= 11 is 1.20. The Hall–Kier alpha value is -1.27. The Morgan fingerprint density at radius 3 is 2.89 bits per heavy atom. The van der Waals surface area contributed by atoms with Gasteiger partial charge in [-0.15, -0.1) is 0 Å². The van der Waals surface area contributed by atoms with E-state index in [0.717, 1.165) is 19.3 Å². The van der Waals surface area contributed by atoms with Crippen LogP contribution in [0.5, 0.6) is 0 Å². The van der Waals surface area contributed by atoms with Crippen LogP contribution in [-0.2, 0) is 9.53 Å². The Bertz CT molecular complexity index is 472. The molecule has 0 spiro atoms. The third-order valence-electron chi connectivity index (χ3n) is 3.11. The number of nitrogens with zero attached hydrogens (tertiary/aromatic N) is 1. The van der Waals surface area contributed by atoms with Crippen LogP contribution in [0, 0.1) is 0 Å². The van der Waals surface area contributed by atoms with E-state index in [1.807, 2.05) is 0 Å². The van der Waals surface area contributed by atoms with Gasteiger partial charge in [0.2, 0.25) is 5.91 Å². The van der Waals surface area contributed by atoms with Gasteiger partial charge in [0.1, 0.15) is 0 Å². The molecule has 6 heteroatoms. The van der Waals surface area contributed by atoms with Gasteiger partial charge in [0.15, 0.2) is 10.9 Å². The van der Waals surface area contributed by atoms with Gasteiger partial charge in [-0.1, -0.05) is 11.3 Å². The first kappa shape index (κ1) is 14.1. The lowest BCUT2D eigenvalue weighted by Crippen LogP contribution is -2.15. The SMILES string of the molecule is CC(=O)c1cnc(NC(=O)CCC2CCC(C)O2)s1. The average Bonchev–Trinajstić information content (AvgIpc) is 2.96. The largest absolute Gasteiger partial charge is 0.375 e. The maximum Gasteiger partial charge on any atom is 0.226 e. The molecule has 0 aliphatic carbocycles. The Balaban J connectivity index is 1.76. The van der Waals surface area contributed by atoms with E-state index in [1.165, 1.54) is 24.5 Å². The van der Waals surface area contributed by atoms with Crippen molar-refractivity contribution in [2.45, 2.75) is 51.7 Å². The minimum Gasteiger partial charge on any atom is -0.375 e. The first-order chi connectivity index (χ1) is 9.04. The predicted octanol–water partition coefficient (Wildman–Crippen LogP) is 2.63. The average molecular weight is 282 g/mol. The van der Waals surface area contributed by atoms with Crippen LogP contribution in [-0.4, -0.2) is 28.9 Å². The number of anilines is 1. The summed E-state index contributed by atoms with van der Waals surface area (Å²) in [5.41, 5.74) is 0. The van der Waals surface area contributed by atoms with Crippen molar-refractivity contribution < 1.29 is 14.3 Å². The van der Waals surface area contributed by atoms with Gasteiger partial charge in [0.25, 0.3) is 0 Å². The second-order valence-corrected chi connectivity index (χ2v) is 5.85. The molecule has 1 aromatic heterocycles. The van der Waals surface area contributed by atoms with Crippen molar-refractivity contribution in [1.82, 2.24) is 4.98 Å². The van der Waals surface area contributed by atoms with E-state index in [-0.39, 0.29) is 17.8 Å². The topological polar surface area (TPSA) is 68.3 Å². The number of carbonyl (C=O) groups is 2. The van der Waals surface area contributed by atoms with E-state index in [1.54, 1.807) is 0 Å². The molecule has 1 saturated heterocycles. The number of Topliss-reactive ketones (excluding diaryl/α,β-unsaturated/α-hetero) is 1. The minimum absolute atomic E-state index is 0.0358. The highest BCUT2D eigenvalue weighted by Gasteiger charge is 2.22. The maximum atomic E-state index is 11.7. The van der Waals surface area contributed by atoms with Crippen molar-refractivity contribution in [2.75, 3.05) is 5.32 Å². The fourth-order valence-electron chi connectivity index (χ4n) is 2.07. The van der Waals surface area contributed by atoms with Crippen LogP contribution in [0.25, 0.3) is 0 Å². The lowest BCUT2D eigenvalue weighted by Gasteiger charge is -2.10. The molecule has 1 amide bonds. The molecule has 2 atom stereocenters. The quantitative estimate of drug-likeness (QED) is 0.843. The van der Waals surface area contributed by atoms with Crippen LogP contribution in [0.4, 0.5) is 5.13 Å². The molecule has 1 fully saturated rings. The van der Waals surface area contributed by atoms with Gasteiger partial charge >= 0.3 is 0 Å². The maximum absolute atomic E-state index is 11.7. The van der Waals surface area contributed by atoms with Crippen LogP contribution in [0.3, 0.4) is 0 Å². The highest BCUT2D eigenvalue weighted by atomic mass is 32.1. The van der Waals surface area contributed by atoms with Gasteiger partial charge in [-0.2, -0.15) is 0 Å². The molecule has 2 rings (SSSR count). The second-order valence-electron chi connectivity index (χ2n) is 4.82. The van der Waals surface area contributed by atoms with Crippen molar-refractivity contribution in [3.8, 4) is 0 Å². The molecule has 1 N–H and O–H groups in total. The summed E-state index contributed by atoms with van der Waals surface area (Å²) in [6.07, 6.45) is 5.26. The number of hydrogen-bond acceptors (Lipinski definition) is 5. The van der Waals surface area contributed by atoms with Crippen LogP contribution < -0.4 is 5.32 Å². The molecule has 0 saturated carbocycles. The Kier molecular flexibility index (Phi) is 4.66. The summed E-state index contributed by atoms with van der Waals surface area (Å²) in [4.78, 5) is 27.4. The predicted molar refractivity (Wildman–Crippen MR) is 73.6 cm³/mol. The van der Waals surface area contributed by atoms with Gasteiger partial charge < -0.3 is 10.1 Å². The number of thiazole rings is 1. The second kappa shape index (κ2) is 6.25. The number of rotatable bonds is 5. The van der Waals surface area contributed by atoms with E-state index < -0.39 is 0 Å². The molecule has 1 aromatic rings. The smallest absolute Gasteiger partial charge is 0.226 e. The van der Waals surface area contributed by atoms with Crippen molar-refractivity contribution in [3.63, 3.8) is 0 Å². The lowest BCUT2D eigenvalue weighted by atomic mass is 10.1. The number of nitrogens with one attached hydrogen (secondary N) is 1. The number of amides is 1. The summed E-state index contributed by atoms with van der Waals surface area (Å²) in [5, 5.41) is 3.20. The number of ether oxygens (including phenoxy) is 1. The molecular weight excluding hydrogens is 264 g/mol. The molecule has 0 aromatic carbocycles. The zero-order valence-corrected chi connectivity index (χ0v) is 12.0. The zero-order chi connectivity index (χ0) is 13.8. The van der Waals surface area contributed by atoms with Crippen LogP contribution in [0.2, 0.25) is 0 Å². The first-order valence-corrected chi connectivity index (χ1v) is 7.28. The van der Waals surface area contributed by atoms with E-state index >= 15 is 0 Å². The van der Waals surface area contributed by atoms with Crippen molar-refractivity contribution in [2.24, 2.45) is 0 Å². The monoisotopic (exact) mass is 282 g/mol. The molecule has 0 bridgehead atoms. The van der Waals surface area contributed by atoms with Crippen LogP contribution >= 0.6 is 11.3 Å². The molecule has 1 aliphatic heterocycles. The minimum atomic E-state index is -0.0763. The first-order valence-electron chi connectivity index (χ1n) is 6.46. The molecule has 5 nitrogen and oxygen atoms in total. The summed E-state index contributed by atoms with van der Waals surface area (Å²) in [6.45, 7) is 3.54. The van der Waals surface area contributed by atoms with Gasteiger partial charge in [0.05, 0.1) is 23.3 Å². The number of aromatic nitrogens is 1. The van der Waals surface area contributed by atoms with E-state index in [9.17, 15) is 9.59 Å². The molecule has 1 aliphatic rings. The molecule has 0 radical (unpaired) electrons. The van der Waals surface area contributed by atoms with Gasteiger partial charge in [-0.25, -0.2) is 4.98 Å². The number of hydrogen-bond donors (Lipinski definition) is 1. The highest BCUT2D eigenvalue weighted by Crippen LogP contribution is 2.23. The van der Waals surface area contributed by atoms with E-state index in [4.69, 9.17) is 4.74 Å². The fraction of sp³-hybridized carbons (Fsp3) is 0.615. The Labute approximate surface area is 116 Å². The molecular formula is C13H18N2O3S. The van der Waals surface area contributed by atoms with E-state index in [2.05, 4.69) is 17.2 Å². The van der Waals surface area contributed by atoms with Crippen molar-refractivity contribution >= 4 is 28.2 Å². The fourth-order valence-corrected chi connectivity index (χ4v) is 2.79. The van der Waals surface area contributed by atoms with Gasteiger partial charge in [0, 0.05) is 13.3 Å². The zero-order valence-electron chi connectivity index (χ0n) is 11.1. The number of ketones is 1. The molecule has 2 unspecified atom stereocenters. The van der Waals surface area contributed by atoms with Crippen molar-refractivity contribution in [1.29, 1.82) is 0 Å². The normalized spacial score (nSPS) is 22.4. The Morgan fingerprint density at radius 1 is 1.53 bits per heavy atom. The van der Waals surface area contributed by atoms with Gasteiger partial charge in [-0.05, 0) is 26.2 Å². The van der Waals surface area contributed by atoms with Crippen molar-refractivity contribution in [3.05, 3.63) is 11.1 Å². The van der Waals surface area contributed by atoms with Crippen LogP contribution in [0.15, 0.2) is 6.20 Å². The van der Waals surface area contributed by atoms with Crippen LogP contribution in [0.1, 0.15) is 49.2 Å². The van der Waals surface area contributed by atoms with E-state index in [0.29, 0.717) is 22.5 Å². The third-order valence-corrected chi connectivity index (χ3v) is 4.13. The summed E-state index contributed by atoms with van der Waals surface area (Å²) < 4.78 is 5.66. The Morgan fingerprint density at radius 2 is 2.32 bits per heavy atom. The standard InChI is InChI=1S/C13H18N2O3S/c1-8-3-4-10(18-8)5-6-12(17)15-13-14-7-11(19-13)9(2)16/h7-8,10H,3-6H2,1-2H3,(H,14,15,17). The molecule has 19 heavy (non-hydrogen) atoms. The number of carbonyl (C=O) groups excluding carboxylic acids is 2. The summed E-state index contributed by atoms with van der Waals surface area (Å²) in [6, 6.07) is 0. The van der Waals surface area contributed by atoms with Gasteiger partial charge in [-0.3, -0.25) is 9.59 Å². The highest BCUT2D eigenvalue weighted by molar-refractivity contribution is 7.17.